The Morgan fingerprint density at radius 1 is 1.50 bits per heavy atom. The Kier molecular flexibility index (Phi) is 4.53. The molecule has 0 aromatic carbocycles. The molecule has 0 aliphatic heterocycles. The molecule has 100 valence electrons. The maximum atomic E-state index is 11.6. The molecule has 1 heterocycles. The zero-order valence-corrected chi connectivity index (χ0v) is 11.4. The second-order valence-electron chi connectivity index (χ2n) is 5.52. The minimum Gasteiger partial charge on any atom is -0.312 e. The summed E-state index contributed by atoms with van der Waals surface area (Å²) < 4.78 is 1.53. The van der Waals surface area contributed by atoms with Gasteiger partial charge in [0.15, 0.2) is 0 Å². The molecule has 2 rings (SSSR count). The molecule has 0 radical (unpaired) electrons. The van der Waals surface area contributed by atoms with Crippen LogP contribution >= 0.6 is 0 Å². The fourth-order valence-corrected chi connectivity index (χ4v) is 2.69. The van der Waals surface area contributed by atoms with Gasteiger partial charge in [-0.25, -0.2) is 4.68 Å². The van der Waals surface area contributed by atoms with Crippen molar-refractivity contribution < 1.29 is 0 Å². The lowest BCUT2D eigenvalue weighted by molar-refractivity contribution is 0.297. The van der Waals surface area contributed by atoms with Crippen molar-refractivity contribution in [3.05, 3.63) is 28.2 Å². The minimum atomic E-state index is -0.00573. The van der Waals surface area contributed by atoms with Crippen molar-refractivity contribution in [3.63, 3.8) is 0 Å². The van der Waals surface area contributed by atoms with Crippen molar-refractivity contribution in [1.82, 2.24) is 15.1 Å². The van der Waals surface area contributed by atoms with Gasteiger partial charge in [0.2, 0.25) is 0 Å². The molecule has 1 aromatic heterocycles. The Morgan fingerprint density at radius 3 is 3.06 bits per heavy atom. The number of hydrogen-bond acceptors (Lipinski definition) is 3. The Balaban J connectivity index is 1.79. The lowest BCUT2D eigenvalue weighted by atomic mass is 9.87. The van der Waals surface area contributed by atoms with Crippen molar-refractivity contribution in [2.75, 3.05) is 6.54 Å². The summed E-state index contributed by atoms with van der Waals surface area (Å²) in [5.74, 6) is 0.830. The summed E-state index contributed by atoms with van der Waals surface area (Å²) in [7, 11) is 0. The number of aryl methyl sites for hydroxylation is 1. The van der Waals surface area contributed by atoms with Gasteiger partial charge in [-0.05, 0) is 31.2 Å². The lowest BCUT2D eigenvalue weighted by Crippen LogP contribution is -2.37. The van der Waals surface area contributed by atoms with Crippen molar-refractivity contribution in [2.45, 2.75) is 52.1 Å². The molecule has 1 aliphatic rings. The molecular weight excluding hydrogens is 226 g/mol. The van der Waals surface area contributed by atoms with Crippen LogP contribution < -0.4 is 10.9 Å². The first-order valence-corrected chi connectivity index (χ1v) is 6.92. The van der Waals surface area contributed by atoms with Crippen LogP contribution in [0.3, 0.4) is 0 Å². The van der Waals surface area contributed by atoms with Crippen LogP contribution in [0.25, 0.3) is 0 Å². The van der Waals surface area contributed by atoms with Crippen molar-refractivity contribution in [2.24, 2.45) is 5.92 Å². The van der Waals surface area contributed by atoms with E-state index in [0.717, 1.165) is 18.0 Å². The van der Waals surface area contributed by atoms with Gasteiger partial charge in [-0.3, -0.25) is 4.79 Å². The molecule has 18 heavy (non-hydrogen) atoms. The number of nitrogens with zero attached hydrogens (tertiary/aromatic N) is 2. The first-order chi connectivity index (χ1) is 8.65. The fourth-order valence-electron chi connectivity index (χ4n) is 2.69. The molecule has 2 unspecified atom stereocenters. The smallest absolute Gasteiger partial charge is 0.267 e. The van der Waals surface area contributed by atoms with Crippen LogP contribution in [-0.4, -0.2) is 22.4 Å². The maximum absolute atomic E-state index is 11.6. The predicted molar refractivity (Wildman–Crippen MR) is 72.7 cm³/mol. The SMILES string of the molecule is Cc1cnn(CCNC2CCCC(C)C2)c(=O)c1. The van der Waals surface area contributed by atoms with E-state index < -0.39 is 0 Å². The average molecular weight is 249 g/mol. The monoisotopic (exact) mass is 249 g/mol. The first-order valence-electron chi connectivity index (χ1n) is 6.92. The fraction of sp³-hybridized carbons (Fsp3) is 0.714. The molecular formula is C14H23N3O. The van der Waals surface area contributed by atoms with E-state index in [4.69, 9.17) is 0 Å². The van der Waals surface area contributed by atoms with E-state index in [-0.39, 0.29) is 5.56 Å². The zero-order chi connectivity index (χ0) is 13.0. The normalized spacial score (nSPS) is 24.1. The van der Waals surface area contributed by atoms with Crippen LogP contribution in [0, 0.1) is 12.8 Å². The summed E-state index contributed by atoms with van der Waals surface area (Å²) in [6.07, 6.45) is 6.94. The maximum Gasteiger partial charge on any atom is 0.267 e. The predicted octanol–water partition coefficient (Wildman–Crippen LogP) is 1.72. The molecule has 2 atom stereocenters. The molecule has 1 aromatic rings. The Morgan fingerprint density at radius 2 is 2.33 bits per heavy atom. The molecule has 1 fully saturated rings. The van der Waals surface area contributed by atoms with Gasteiger partial charge in [-0.15, -0.1) is 0 Å². The quantitative estimate of drug-likeness (QED) is 0.884. The third-order valence-electron chi connectivity index (χ3n) is 3.70. The van der Waals surface area contributed by atoms with E-state index in [0.29, 0.717) is 12.6 Å². The molecule has 4 heteroatoms. The summed E-state index contributed by atoms with van der Waals surface area (Å²) in [5, 5.41) is 7.68. The number of hydrogen-bond donors (Lipinski definition) is 1. The second kappa shape index (κ2) is 6.14. The van der Waals surface area contributed by atoms with Crippen LogP contribution in [0.1, 0.15) is 38.2 Å². The lowest BCUT2D eigenvalue weighted by Gasteiger charge is -2.27. The highest BCUT2D eigenvalue weighted by molar-refractivity contribution is 5.02. The molecule has 1 N–H and O–H groups in total. The largest absolute Gasteiger partial charge is 0.312 e. The van der Waals surface area contributed by atoms with E-state index in [2.05, 4.69) is 17.3 Å². The standard InChI is InChI=1S/C14H23N3O/c1-11-4-3-5-13(8-11)15-6-7-17-14(18)9-12(2)10-16-17/h9-11,13,15H,3-8H2,1-2H3. The van der Waals surface area contributed by atoms with Crippen molar-refractivity contribution >= 4 is 0 Å². The summed E-state index contributed by atoms with van der Waals surface area (Å²) in [4.78, 5) is 11.6. The van der Waals surface area contributed by atoms with Crippen molar-refractivity contribution in [1.29, 1.82) is 0 Å². The first kappa shape index (κ1) is 13.3. The molecule has 0 saturated heterocycles. The van der Waals surface area contributed by atoms with E-state index in [1.165, 1.54) is 30.4 Å². The molecule has 1 aliphatic carbocycles. The van der Waals surface area contributed by atoms with Gasteiger partial charge in [0.25, 0.3) is 5.56 Å². The minimum absolute atomic E-state index is 0.00573. The van der Waals surface area contributed by atoms with E-state index >= 15 is 0 Å². The van der Waals surface area contributed by atoms with Crippen molar-refractivity contribution in [3.8, 4) is 0 Å². The topological polar surface area (TPSA) is 46.9 Å². The van der Waals surface area contributed by atoms with Crippen LogP contribution in [0.2, 0.25) is 0 Å². The van der Waals surface area contributed by atoms with E-state index in [1.54, 1.807) is 12.3 Å². The van der Waals surface area contributed by atoms with Gasteiger partial charge in [0, 0.05) is 18.7 Å². The Hall–Kier alpha value is -1.16. The van der Waals surface area contributed by atoms with Crippen LogP contribution in [0.5, 0.6) is 0 Å². The summed E-state index contributed by atoms with van der Waals surface area (Å²) in [6, 6.07) is 2.25. The molecule has 4 nitrogen and oxygen atoms in total. The van der Waals surface area contributed by atoms with Gasteiger partial charge >= 0.3 is 0 Å². The number of aromatic nitrogens is 2. The van der Waals surface area contributed by atoms with Gasteiger partial charge in [0.05, 0.1) is 12.7 Å². The van der Waals surface area contributed by atoms with Gasteiger partial charge < -0.3 is 5.32 Å². The van der Waals surface area contributed by atoms with Gasteiger partial charge in [-0.1, -0.05) is 19.8 Å². The average Bonchev–Trinajstić information content (AvgIpc) is 2.32. The molecule has 0 spiro atoms. The summed E-state index contributed by atoms with van der Waals surface area (Å²) in [5.41, 5.74) is 0.916. The third-order valence-corrected chi connectivity index (χ3v) is 3.70. The summed E-state index contributed by atoms with van der Waals surface area (Å²) in [6.45, 7) is 5.69. The van der Waals surface area contributed by atoms with Crippen LogP contribution in [0.15, 0.2) is 17.1 Å². The van der Waals surface area contributed by atoms with Crippen LogP contribution in [-0.2, 0) is 6.54 Å². The zero-order valence-electron chi connectivity index (χ0n) is 11.4. The van der Waals surface area contributed by atoms with E-state index in [9.17, 15) is 4.79 Å². The van der Waals surface area contributed by atoms with Crippen LogP contribution in [0.4, 0.5) is 0 Å². The molecule has 0 amide bonds. The highest BCUT2D eigenvalue weighted by Gasteiger charge is 2.17. The number of nitrogens with one attached hydrogen (secondary N) is 1. The summed E-state index contributed by atoms with van der Waals surface area (Å²) >= 11 is 0. The second-order valence-corrected chi connectivity index (χ2v) is 5.52. The number of rotatable bonds is 4. The molecule has 0 bridgehead atoms. The Bertz CT molecular complexity index is 441. The highest BCUT2D eigenvalue weighted by atomic mass is 16.1. The van der Waals surface area contributed by atoms with Gasteiger partial charge in [0.1, 0.15) is 0 Å². The Labute approximate surface area is 108 Å². The highest BCUT2D eigenvalue weighted by Crippen LogP contribution is 2.23. The van der Waals surface area contributed by atoms with Gasteiger partial charge in [-0.2, -0.15) is 5.10 Å². The van der Waals surface area contributed by atoms with E-state index in [1.807, 2.05) is 6.92 Å². The molecule has 1 saturated carbocycles. The third kappa shape index (κ3) is 3.67.